The second-order valence-electron chi connectivity index (χ2n) is 7.81. The van der Waals surface area contributed by atoms with E-state index in [-0.39, 0.29) is 17.6 Å². The quantitative estimate of drug-likeness (QED) is 0.408. The van der Waals surface area contributed by atoms with Crippen LogP contribution in [0.4, 0.5) is 0 Å². The fourth-order valence-electron chi connectivity index (χ4n) is 4.11. The van der Waals surface area contributed by atoms with Gasteiger partial charge in [-0.2, -0.15) is 0 Å². The van der Waals surface area contributed by atoms with E-state index in [1.165, 1.54) is 0 Å². The molecular weight excluding hydrogens is 374 g/mol. The number of nitrogens with zero attached hydrogens (tertiary/aromatic N) is 1. The van der Waals surface area contributed by atoms with Crippen LogP contribution in [0.3, 0.4) is 0 Å². The Kier molecular flexibility index (Phi) is 6.43. The van der Waals surface area contributed by atoms with Crippen LogP contribution in [0.1, 0.15) is 36.0 Å². The van der Waals surface area contributed by atoms with E-state index in [0.29, 0.717) is 32.5 Å². The lowest BCUT2D eigenvalue weighted by Gasteiger charge is -2.31. The minimum Gasteiger partial charge on any atom is -0.493 e. The summed E-state index contributed by atoms with van der Waals surface area (Å²) in [7, 11) is 0. The number of fused-ring (bicyclic) bond motifs is 1. The highest BCUT2D eigenvalue weighted by Crippen LogP contribution is 2.26. The maximum absolute atomic E-state index is 12.6. The molecule has 1 heterocycles. The summed E-state index contributed by atoms with van der Waals surface area (Å²) in [6, 6.07) is 23.6. The lowest BCUT2D eigenvalue weighted by atomic mass is 9.89. The van der Waals surface area contributed by atoms with Gasteiger partial charge in [0, 0.05) is 36.4 Å². The first-order valence-corrected chi connectivity index (χ1v) is 10.7. The smallest absolute Gasteiger partial charge is 0.222 e. The molecule has 0 spiro atoms. The molecule has 0 atom stereocenters. The van der Waals surface area contributed by atoms with Gasteiger partial charge in [-0.05, 0) is 30.7 Å². The van der Waals surface area contributed by atoms with E-state index in [9.17, 15) is 9.59 Å². The van der Waals surface area contributed by atoms with E-state index >= 15 is 0 Å². The van der Waals surface area contributed by atoms with Crippen molar-refractivity contribution in [3.05, 3.63) is 78.4 Å². The summed E-state index contributed by atoms with van der Waals surface area (Å²) in [5, 5.41) is 2.25. The van der Waals surface area contributed by atoms with Gasteiger partial charge in [0.2, 0.25) is 5.91 Å². The van der Waals surface area contributed by atoms with E-state index in [1.54, 1.807) is 0 Å². The number of carbonyl (C=O) groups excluding carboxylic acids is 2. The van der Waals surface area contributed by atoms with E-state index in [2.05, 4.69) is 18.2 Å². The van der Waals surface area contributed by atoms with Crippen molar-refractivity contribution in [2.45, 2.75) is 25.7 Å². The minimum atomic E-state index is 0.0196. The third-order valence-corrected chi connectivity index (χ3v) is 5.82. The molecule has 4 nitrogen and oxygen atoms in total. The summed E-state index contributed by atoms with van der Waals surface area (Å²) >= 11 is 0. The Bertz CT molecular complexity index is 1000. The zero-order valence-corrected chi connectivity index (χ0v) is 17.1. The monoisotopic (exact) mass is 401 g/mol. The number of hydrogen-bond donors (Lipinski definition) is 0. The second kappa shape index (κ2) is 9.57. The predicted molar refractivity (Wildman–Crippen MR) is 119 cm³/mol. The lowest BCUT2D eigenvalue weighted by Crippen LogP contribution is -2.40. The van der Waals surface area contributed by atoms with Gasteiger partial charge < -0.3 is 9.64 Å². The van der Waals surface area contributed by atoms with Crippen LogP contribution in [0.2, 0.25) is 0 Å². The summed E-state index contributed by atoms with van der Waals surface area (Å²) in [6.45, 7) is 1.83. The standard InChI is InChI=1S/C26H27NO3/c28-25(14-7-19-30-24-13-6-11-20-8-4-5-12-23(20)24)27-17-15-22(16-18-27)26(29)21-9-2-1-3-10-21/h1-6,8-13,22H,7,14-19H2. The number of hydrogen-bond acceptors (Lipinski definition) is 3. The van der Waals surface area contributed by atoms with Crippen molar-refractivity contribution in [1.82, 2.24) is 4.90 Å². The Morgan fingerprint density at radius 3 is 2.37 bits per heavy atom. The highest BCUT2D eigenvalue weighted by molar-refractivity contribution is 5.98. The van der Waals surface area contributed by atoms with E-state index < -0.39 is 0 Å². The Hall–Kier alpha value is -3.14. The molecule has 1 amide bonds. The zero-order valence-electron chi connectivity index (χ0n) is 17.1. The van der Waals surface area contributed by atoms with Gasteiger partial charge >= 0.3 is 0 Å². The second-order valence-corrected chi connectivity index (χ2v) is 7.81. The van der Waals surface area contributed by atoms with E-state index in [0.717, 1.165) is 34.9 Å². The number of amides is 1. The molecule has 154 valence electrons. The molecule has 0 bridgehead atoms. The molecule has 1 fully saturated rings. The third-order valence-electron chi connectivity index (χ3n) is 5.82. The van der Waals surface area contributed by atoms with Crippen LogP contribution < -0.4 is 4.74 Å². The van der Waals surface area contributed by atoms with Gasteiger partial charge in [0.05, 0.1) is 6.61 Å². The SMILES string of the molecule is O=C(c1ccccc1)C1CCN(C(=O)CCCOc2cccc3ccccc23)CC1. The summed E-state index contributed by atoms with van der Waals surface area (Å²) in [4.78, 5) is 27.0. The first-order chi connectivity index (χ1) is 14.7. The van der Waals surface area contributed by atoms with Crippen molar-refractivity contribution in [2.24, 2.45) is 5.92 Å². The Morgan fingerprint density at radius 2 is 1.57 bits per heavy atom. The van der Waals surface area contributed by atoms with Gasteiger partial charge in [0.25, 0.3) is 0 Å². The molecule has 0 aliphatic carbocycles. The Morgan fingerprint density at radius 1 is 0.867 bits per heavy atom. The molecule has 3 aromatic rings. The van der Waals surface area contributed by atoms with E-state index in [4.69, 9.17) is 4.74 Å². The van der Waals surface area contributed by atoms with Crippen molar-refractivity contribution < 1.29 is 14.3 Å². The van der Waals surface area contributed by atoms with Crippen molar-refractivity contribution >= 4 is 22.5 Å². The molecule has 4 rings (SSSR count). The lowest BCUT2D eigenvalue weighted by molar-refractivity contribution is -0.132. The number of ketones is 1. The number of piperidine rings is 1. The third kappa shape index (κ3) is 4.70. The molecule has 0 unspecified atom stereocenters. The molecule has 3 aromatic carbocycles. The fraction of sp³-hybridized carbons (Fsp3) is 0.308. The van der Waals surface area contributed by atoms with Crippen LogP contribution in [0, 0.1) is 5.92 Å². The maximum Gasteiger partial charge on any atom is 0.222 e. The molecule has 30 heavy (non-hydrogen) atoms. The molecule has 0 N–H and O–H groups in total. The van der Waals surface area contributed by atoms with Crippen molar-refractivity contribution in [2.75, 3.05) is 19.7 Å². The molecule has 4 heteroatoms. The van der Waals surface area contributed by atoms with Gasteiger partial charge in [-0.25, -0.2) is 0 Å². The predicted octanol–water partition coefficient (Wildman–Crippen LogP) is 5.12. The van der Waals surface area contributed by atoms with Crippen LogP contribution in [0.25, 0.3) is 10.8 Å². The van der Waals surface area contributed by atoms with Gasteiger partial charge in [-0.3, -0.25) is 9.59 Å². The molecule has 1 saturated heterocycles. The zero-order chi connectivity index (χ0) is 20.8. The van der Waals surface area contributed by atoms with Gasteiger partial charge in [0.15, 0.2) is 5.78 Å². The first kappa shape index (κ1) is 20.1. The topological polar surface area (TPSA) is 46.6 Å². The summed E-state index contributed by atoms with van der Waals surface area (Å²) in [5.41, 5.74) is 0.771. The molecule has 1 aliphatic heterocycles. The van der Waals surface area contributed by atoms with Crippen LogP contribution >= 0.6 is 0 Å². The number of likely N-dealkylation sites (tertiary alicyclic amines) is 1. The summed E-state index contributed by atoms with van der Waals surface area (Å²) in [6.07, 6.45) is 2.64. The first-order valence-electron chi connectivity index (χ1n) is 10.7. The molecular formula is C26H27NO3. The number of rotatable bonds is 7. The average Bonchev–Trinajstić information content (AvgIpc) is 2.82. The normalized spacial score (nSPS) is 14.6. The Labute approximate surface area is 177 Å². The van der Waals surface area contributed by atoms with Crippen molar-refractivity contribution in [1.29, 1.82) is 0 Å². The van der Waals surface area contributed by atoms with Crippen molar-refractivity contribution in [3.8, 4) is 5.75 Å². The van der Waals surface area contributed by atoms with Crippen LogP contribution in [-0.2, 0) is 4.79 Å². The number of carbonyl (C=O) groups is 2. The van der Waals surface area contributed by atoms with Gasteiger partial charge in [-0.1, -0.05) is 66.7 Å². The van der Waals surface area contributed by atoms with Gasteiger partial charge in [0.1, 0.15) is 5.75 Å². The average molecular weight is 402 g/mol. The van der Waals surface area contributed by atoms with Crippen molar-refractivity contribution in [3.63, 3.8) is 0 Å². The summed E-state index contributed by atoms with van der Waals surface area (Å²) < 4.78 is 5.94. The highest BCUT2D eigenvalue weighted by Gasteiger charge is 2.27. The van der Waals surface area contributed by atoms with Crippen LogP contribution in [0.15, 0.2) is 72.8 Å². The number of benzene rings is 3. The Balaban J connectivity index is 1.21. The summed E-state index contributed by atoms with van der Waals surface area (Å²) in [5.74, 6) is 1.24. The van der Waals surface area contributed by atoms with E-state index in [1.807, 2.05) is 59.5 Å². The number of Topliss-reactive ketones (excluding diaryl/α,β-unsaturated/α-hetero) is 1. The molecule has 0 saturated carbocycles. The number of ether oxygens (including phenoxy) is 1. The fourth-order valence-corrected chi connectivity index (χ4v) is 4.11. The van der Waals surface area contributed by atoms with Crippen LogP contribution in [-0.4, -0.2) is 36.3 Å². The minimum absolute atomic E-state index is 0.0196. The van der Waals surface area contributed by atoms with Gasteiger partial charge in [-0.15, -0.1) is 0 Å². The van der Waals surface area contributed by atoms with Crippen LogP contribution in [0.5, 0.6) is 5.75 Å². The highest BCUT2D eigenvalue weighted by atomic mass is 16.5. The largest absolute Gasteiger partial charge is 0.493 e. The molecule has 0 aromatic heterocycles. The molecule has 1 aliphatic rings. The maximum atomic E-state index is 12.6. The molecule has 0 radical (unpaired) electrons.